The van der Waals surface area contributed by atoms with E-state index in [4.69, 9.17) is 21.1 Å². The summed E-state index contributed by atoms with van der Waals surface area (Å²) in [5, 5.41) is 1.21. The van der Waals surface area contributed by atoms with Gasteiger partial charge in [0.05, 0.1) is 30.3 Å². The maximum Gasteiger partial charge on any atom is 0.210 e. The maximum atomic E-state index is 13.6. The lowest BCUT2D eigenvalue weighted by atomic mass is 9.99. The van der Waals surface area contributed by atoms with Crippen molar-refractivity contribution in [1.29, 1.82) is 0 Å². The Balaban J connectivity index is 2.00. The van der Waals surface area contributed by atoms with Gasteiger partial charge in [0.1, 0.15) is 4.90 Å². The monoisotopic (exact) mass is 460 g/mol. The van der Waals surface area contributed by atoms with E-state index in [0.717, 1.165) is 31.3 Å². The van der Waals surface area contributed by atoms with Crippen LogP contribution in [0.4, 0.5) is 5.69 Å². The van der Waals surface area contributed by atoms with Crippen molar-refractivity contribution in [3.05, 3.63) is 47.6 Å². The van der Waals surface area contributed by atoms with Crippen LogP contribution < -0.4 is 14.4 Å². The first-order valence-corrected chi connectivity index (χ1v) is 12.0. The Morgan fingerprint density at radius 3 is 2.42 bits per heavy atom. The van der Waals surface area contributed by atoms with Gasteiger partial charge in [-0.25, -0.2) is 8.42 Å². The largest absolute Gasteiger partial charge is 0.493 e. The van der Waals surface area contributed by atoms with Crippen molar-refractivity contribution < 1.29 is 17.9 Å². The summed E-state index contributed by atoms with van der Waals surface area (Å²) < 4.78 is 38.2. The van der Waals surface area contributed by atoms with Crippen LogP contribution >= 0.6 is 11.6 Å². The molecule has 0 radical (unpaired) electrons. The van der Waals surface area contributed by atoms with Gasteiger partial charge in [-0.2, -0.15) is 0 Å². The van der Waals surface area contributed by atoms with Crippen LogP contribution in [0.1, 0.15) is 19.8 Å². The predicted molar refractivity (Wildman–Crippen MR) is 122 cm³/mol. The van der Waals surface area contributed by atoms with Crippen molar-refractivity contribution in [3.63, 3.8) is 0 Å². The van der Waals surface area contributed by atoms with Gasteiger partial charge >= 0.3 is 0 Å². The number of rotatable bonds is 5. The normalized spacial score (nSPS) is 17.0. The fourth-order valence-corrected chi connectivity index (χ4v) is 5.70. The third kappa shape index (κ3) is 4.04. The van der Waals surface area contributed by atoms with Crippen LogP contribution in [0.5, 0.6) is 11.5 Å². The highest BCUT2D eigenvalue weighted by molar-refractivity contribution is 7.91. The van der Waals surface area contributed by atoms with Crippen LogP contribution in [-0.2, 0) is 9.84 Å². The number of hydrogen-bond acceptors (Lipinski definition) is 6. The van der Waals surface area contributed by atoms with Gasteiger partial charge in [-0.05, 0) is 49.1 Å². The second-order valence-corrected chi connectivity index (χ2v) is 10.2. The Hall–Kier alpha value is -2.51. The number of hydrogen-bond donors (Lipinski definition) is 0. The van der Waals surface area contributed by atoms with E-state index in [2.05, 4.69) is 16.8 Å². The highest BCUT2D eigenvalue weighted by Crippen LogP contribution is 2.41. The van der Waals surface area contributed by atoms with E-state index in [0.29, 0.717) is 33.6 Å². The van der Waals surface area contributed by atoms with Crippen LogP contribution in [0.2, 0.25) is 5.02 Å². The summed E-state index contributed by atoms with van der Waals surface area (Å²) in [6, 6.07) is 9.82. The number of halogens is 1. The van der Waals surface area contributed by atoms with Gasteiger partial charge in [0.15, 0.2) is 11.5 Å². The number of nitrogens with zero attached hydrogens (tertiary/aromatic N) is 2. The molecule has 2 aromatic carbocycles. The smallest absolute Gasteiger partial charge is 0.210 e. The molecule has 8 heteroatoms. The van der Waals surface area contributed by atoms with Crippen molar-refractivity contribution in [2.75, 3.05) is 32.2 Å². The second kappa shape index (κ2) is 8.55. The van der Waals surface area contributed by atoms with Crippen molar-refractivity contribution in [3.8, 4) is 11.5 Å². The SMILES string of the molecule is COc1cc2ncc(S(=O)(=O)c3ccc(Cl)cc3)c(N3CCC[C@H](C)C3)c2cc1OC. The molecule has 0 bridgehead atoms. The number of pyridine rings is 1. The third-order valence-electron chi connectivity index (χ3n) is 5.70. The molecular weight excluding hydrogens is 436 g/mol. The van der Waals surface area contributed by atoms with Crippen LogP contribution in [0.25, 0.3) is 10.9 Å². The summed E-state index contributed by atoms with van der Waals surface area (Å²) in [5.41, 5.74) is 1.31. The lowest BCUT2D eigenvalue weighted by Crippen LogP contribution is -2.35. The summed E-state index contributed by atoms with van der Waals surface area (Å²) in [5.74, 6) is 1.54. The molecule has 1 aromatic heterocycles. The summed E-state index contributed by atoms with van der Waals surface area (Å²) in [6.45, 7) is 3.74. The quantitative estimate of drug-likeness (QED) is 0.535. The molecule has 31 heavy (non-hydrogen) atoms. The minimum atomic E-state index is -3.81. The minimum absolute atomic E-state index is 0.184. The van der Waals surface area contributed by atoms with Crippen molar-refractivity contribution in [2.24, 2.45) is 5.92 Å². The van der Waals surface area contributed by atoms with E-state index in [9.17, 15) is 8.42 Å². The number of methoxy groups -OCH3 is 2. The zero-order chi connectivity index (χ0) is 22.2. The first-order valence-electron chi connectivity index (χ1n) is 10.2. The molecule has 164 valence electrons. The molecule has 6 nitrogen and oxygen atoms in total. The Bertz CT molecular complexity index is 1210. The Labute approximate surface area is 187 Å². The number of sulfone groups is 1. The summed E-state index contributed by atoms with van der Waals surface area (Å²) in [6.07, 6.45) is 3.57. The number of aromatic nitrogens is 1. The molecule has 4 rings (SSSR count). The molecule has 1 fully saturated rings. The topological polar surface area (TPSA) is 68.7 Å². The lowest BCUT2D eigenvalue weighted by molar-refractivity contribution is 0.355. The summed E-state index contributed by atoms with van der Waals surface area (Å²) in [7, 11) is -0.685. The van der Waals surface area contributed by atoms with E-state index in [1.54, 1.807) is 32.4 Å². The average molecular weight is 461 g/mol. The molecule has 2 heterocycles. The lowest BCUT2D eigenvalue weighted by Gasteiger charge is -2.34. The predicted octanol–water partition coefficient (Wildman–Crippen LogP) is 4.97. The molecule has 0 N–H and O–H groups in total. The van der Waals surface area contributed by atoms with E-state index in [1.165, 1.54) is 18.3 Å². The van der Waals surface area contributed by atoms with Gasteiger partial charge in [0.2, 0.25) is 9.84 Å². The molecule has 3 aromatic rings. The van der Waals surface area contributed by atoms with Gasteiger partial charge in [0, 0.05) is 35.8 Å². The van der Waals surface area contributed by atoms with Gasteiger partial charge in [-0.1, -0.05) is 18.5 Å². The Morgan fingerprint density at radius 1 is 1.10 bits per heavy atom. The molecule has 1 aliphatic heterocycles. The van der Waals surface area contributed by atoms with Gasteiger partial charge in [-0.3, -0.25) is 4.98 Å². The molecular formula is C23H25ClN2O4S. The molecule has 1 atom stereocenters. The highest BCUT2D eigenvalue weighted by atomic mass is 35.5. The highest BCUT2D eigenvalue weighted by Gasteiger charge is 2.29. The Kier molecular flexibility index (Phi) is 5.99. The zero-order valence-electron chi connectivity index (χ0n) is 17.8. The molecule has 0 unspecified atom stereocenters. The second-order valence-electron chi connectivity index (χ2n) is 7.85. The van der Waals surface area contributed by atoms with E-state index < -0.39 is 9.84 Å². The minimum Gasteiger partial charge on any atom is -0.493 e. The number of anilines is 1. The van der Waals surface area contributed by atoms with E-state index in [-0.39, 0.29) is 9.79 Å². The number of ether oxygens (including phenoxy) is 2. The van der Waals surface area contributed by atoms with E-state index in [1.807, 2.05) is 6.07 Å². The van der Waals surface area contributed by atoms with Crippen LogP contribution in [-0.4, -0.2) is 40.7 Å². The van der Waals surface area contributed by atoms with Gasteiger partial charge in [-0.15, -0.1) is 0 Å². The fourth-order valence-electron chi connectivity index (χ4n) is 4.14. The van der Waals surface area contributed by atoms with Gasteiger partial charge in [0.25, 0.3) is 0 Å². The first kappa shape index (κ1) is 21.7. The average Bonchev–Trinajstić information content (AvgIpc) is 2.77. The number of fused-ring (bicyclic) bond motifs is 1. The van der Waals surface area contributed by atoms with Gasteiger partial charge < -0.3 is 14.4 Å². The number of benzene rings is 2. The molecule has 1 saturated heterocycles. The molecule has 1 aliphatic rings. The maximum absolute atomic E-state index is 13.6. The van der Waals surface area contributed by atoms with Crippen molar-refractivity contribution >= 4 is 38.0 Å². The molecule has 0 amide bonds. The molecule has 0 spiro atoms. The summed E-state index contributed by atoms with van der Waals surface area (Å²) in [4.78, 5) is 7.01. The standard InChI is InChI=1S/C23H25ClN2O4S/c1-15-5-4-10-26(14-15)23-18-11-20(29-2)21(30-3)12-19(18)25-13-22(23)31(27,28)17-8-6-16(24)7-9-17/h6-9,11-13,15H,4-5,10,14H2,1-3H3/t15-/m0/s1. The van der Waals surface area contributed by atoms with Crippen LogP contribution in [0.3, 0.4) is 0 Å². The van der Waals surface area contributed by atoms with Crippen LogP contribution in [0.15, 0.2) is 52.4 Å². The summed E-state index contributed by atoms with van der Waals surface area (Å²) >= 11 is 5.98. The first-order chi connectivity index (χ1) is 14.8. The van der Waals surface area contributed by atoms with Crippen LogP contribution in [0, 0.1) is 5.92 Å². The van der Waals surface area contributed by atoms with E-state index >= 15 is 0 Å². The fraction of sp³-hybridized carbons (Fsp3) is 0.348. The number of piperidine rings is 1. The van der Waals surface area contributed by atoms with Crippen molar-refractivity contribution in [1.82, 2.24) is 4.98 Å². The molecule has 0 aliphatic carbocycles. The Morgan fingerprint density at radius 2 is 1.77 bits per heavy atom. The zero-order valence-corrected chi connectivity index (χ0v) is 19.3. The molecule has 0 saturated carbocycles. The van der Waals surface area contributed by atoms with Crippen molar-refractivity contribution in [2.45, 2.75) is 29.6 Å². The third-order valence-corrected chi connectivity index (χ3v) is 7.72.